The number of hydrogen-bond acceptors (Lipinski definition) is 5. The highest BCUT2D eigenvalue weighted by atomic mass is 16.5. The Morgan fingerprint density at radius 1 is 1.11 bits per heavy atom. The first-order chi connectivity index (χ1) is 17.5. The summed E-state index contributed by atoms with van der Waals surface area (Å²) in [7, 11) is 0. The lowest BCUT2D eigenvalue weighted by Gasteiger charge is -2.44. The van der Waals surface area contributed by atoms with Crippen LogP contribution in [0.5, 0.6) is 0 Å². The molecule has 0 aromatic rings. The van der Waals surface area contributed by atoms with E-state index >= 15 is 0 Å². The lowest BCUT2D eigenvalue weighted by Crippen LogP contribution is -2.45. The number of fused-ring (bicyclic) bond motifs is 1. The summed E-state index contributed by atoms with van der Waals surface area (Å²) in [5.74, 6) is 1.84. The summed E-state index contributed by atoms with van der Waals surface area (Å²) in [5.41, 5.74) is 4.04. The normalized spacial score (nSPS) is 40.1. The number of ether oxygens (including phenoxy) is 1. The lowest BCUT2D eigenvalue weighted by molar-refractivity contribution is -0.121. The van der Waals surface area contributed by atoms with Gasteiger partial charge in [-0.2, -0.15) is 0 Å². The molecule has 37 heavy (non-hydrogen) atoms. The fourth-order valence-electron chi connectivity index (χ4n) is 7.78. The van der Waals surface area contributed by atoms with Crippen LogP contribution in [0.2, 0.25) is 0 Å². The quantitative estimate of drug-likeness (QED) is 0.312. The third-order valence-electron chi connectivity index (χ3n) is 10.1. The molecule has 0 aromatic carbocycles. The van der Waals surface area contributed by atoms with E-state index in [4.69, 9.17) is 9.84 Å². The molecule has 0 radical (unpaired) electrons. The molecule has 206 valence electrons. The number of ketones is 1. The smallest absolute Gasteiger partial charge is 0.164 e. The molecule has 0 amide bonds. The molecule has 3 N–H and O–H groups in total. The molecule has 0 aromatic heterocycles. The van der Waals surface area contributed by atoms with E-state index in [1.807, 2.05) is 0 Å². The third kappa shape index (κ3) is 5.61. The largest absolute Gasteiger partial charge is 0.396 e. The summed E-state index contributed by atoms with van der Waals surface area (Å²) in [6, 6.07) is 0. The van der Waals surface area contributed by atoms with Crippen molar-refractivity contribution in [3.05, 3.63) is 47.1 Å². The Hall–Kier alpha value is -1.53. The molecule has 0 saturated heterocycles. The van der Waals surface area contributed by atoms with E-state index in [1.54, 1.807) is 0 Å². The number of aliphatic hydroxyl groups excluding tert-OH is 3. The Kier molecular flexibility index (Phi) is 8.69. The highest BCUT2D eigenvalue weighted by molar-refractivity contribution is 6.01. The monoisotopic (exact) mass is 512 g/mol. The number of carbonyl (C=O) groups excluding carboxylic acids is 1. The highest BCUT2D eigenvalue weighted by Crippen LogP contribution is 2.60. The van der Waals surface area contributed by atoms with Crippen LogP contribution in [-0.2, 0) is 9.53 Å². The molecule has 4 saturated carbocycles. The van der Waals surface area contributed by atoms with E-state index in [9.17, 15) is 15.0 Å². The number of Topliss-reactive ketones (excluding diaryl/α,β-unsaturated/α-hetero) is 1. The average molecular weight is 513 g/mol. The van der Waals surface area contributed by atoms with E-state index in [-0.39, 0.29) is 17.4 Å². The fourth-order valence-corrected chi connectivity index (χ4v) is 7.78. The standard InChI is InChI=1S/C32H48O5/c1-20(18-24-13-15-31(3,4)30(24)36)25-11-12-26-22(8-6-14-32(25,26)5)9-10-23-19-27(34)29(28(35)21(23)2)37-17-7-16-33/h9-10,18,20,25-29,33-35H,2,6-8,11-17,19H2,1,3-5H3/b22-9+,23-10-,24-18+/t20-,25-,26+,27-,28-,29+,32-/m1/s1. The van der Waals surface area contributed by atoms with Gasteiger partial charge in [0, 0.05) is 25.0 Å². The highest BCUT2D eigenvalue weighted by Gasteiger charge is 2.50. The molecule has 0 spiro atoms. The Bertz CT molecular complexity index is 972. The van der Waals surface area contributed by atoms with Crippen LogP contribution in [0.15, 0.2) is 47.1 Å². The molecule has 5 nitrogen and oxygen atoms in total. The summed E-state index contributed by atoms with van der Waals surface area (Å²) in [6.07, 6.45) is 12.8. The van der Waals surface area contributed by atoms with Crippen LogP contribution in [0, 0.1) is 28.6 Å². The maximum Gasteiger partial charge on any atom is 0.164 e. The lowest BCUT2D eigenvalue weighted by atomic mass is 9.61. The first-order valence-electron chi connectivity index (χ1n) is 14.4. The topological polar surface area (TPSA) is 87.0 Å². The van der Waals surface area contributed by atoms with Gasteiger partial charge in [-0.05, 0) is 91.3 Å². The van der Waals surface area contributed by atoms with Gasteiger partial charge in [-0.1, -0.05) is 58.1 Å². The Morgan fingerprint density at radius 3 is 2.54 bits per heavy atom. The van der Waals surface area contributed by atoms with Crippen LogP contribution in [0.3, 0.4) is 0 Å². The zero-order chi connectivity index (χ0) is 27.0. The molecular weight excluding hydrogens is 464 g/mol. The van der Waals surface area contributed by atoms with Crippen molar-refractivity contribution >= 4 is 5.78 Å². The Balaban J connectivity index is 1.48. The summed E-state index contributed by atoms with van der Waals surface area (Å²) in [5, 5.41) is 30.4. The predicted molar refractivity (Wildman–Crippen MR) is 147 cm³/mol. The second-order valence-electron chi connectivity index (χ2n) is 12.9. The molecular formula is C32H48O5. The average Bonchev–Trinajstić information content (AvgIpc) is 3.34. The summed E-state index contributed by atoms with van der Waals surface area (Å²) < 4.78 is 5.64. The van der Waals surface area contributed by atoms with E-state index in [1.165, 1.54) is 31.3 Å². The van der Waals surface area contributed by atoms with Gasteiger partial charge in [0.2, 0.25) is 0 Å². The van der Waals surface area contributed by atoms with E-state index in [2.05, 4.69) is 52.5 Å². The minimum atomic E-state index is -0.947. The molecule has 0 bridgehead atoms. The first-order valence-corrected chi connectivity index (χ1v) is 14.4. The zero-order valence-electron chi connectivity index (χ0n) is 23.3. The Labute approximate surface area is 223 Å². The SMILES string of the molecule is C=C1/C(=C\C=C2/CCC[C@]3(C)[C@@H]([C@H](C)/C=C4\CCC(C)(C)C4=O)CC[C@@H]23)C[C@@H](O)[C@H](OCCCO)[C@@H]1O. The fraction of sp³-hybridized carbons (Fsp3) is 0.719. The predicted octanol–water partition coefficient (Wildman–Crippen LogP) is 5.46. The molecule has 0 heterocycles. The van der Waals surface area contributed by atoms with Crippen LogP contribution in [0.25, 0.3) is 0 Å². The van der Waals surface area contributed by atoms with Gasteiger partial charge < -0.3 is 20.1 Å². The first kappa shape index (κ1) is 28.5. The zero-order valence-corrected chi connectivity index (χ0v) is 23.3. The van der Waals surface area contributed by atoms with E-state index in [0.717, 1.165) is 30.4 Å². The molecule has 4 fully saturated rings. The van der Waals surface area contributed by atoms with Crippen molar-refractivity contribution < 1.29 is 24.9 Å². The second-order valence-corrected chi connectivity index (χ2v) is 12.9. The van der Waals surface area contributed by atoms with Gasteiger partial charge in [0.15, 0.2) is 5.78 Å². The van der Waals surface area contributed by atoms with Crippen molar-refractivity contribution in [2.24, 2.45) is 28.6 Å². The number of rotatable bonds is 7. The van der Waals surface area contributed by atoms with E-state index in [0.29, 0.717) is 48.6 Å². The van der Waals surface area contributed by atoms with Gasteiger partial charge >= 0.3 is 0 Å². The van der Waals surface area contributed by atoms with Crippen molar-refractivity contribution in [2.75, 3.05) is 13.2 Å². The number of carbonyl (C=O) groups is 1. The summed E-state index contributed by atoms with van der Waals surface area (Å²) in [4.78, 5) is 12.8. The van der Waals surface area contributed by atoms with Crippen molar-refractivity contribution in [3.8, 4) is 0 Å². The van der Waals surface area contributed by atoms with Crippen LogP contribution in [0.4, 0.5) is 0 Å². The van der Waals surface area contributed by atoms with Crippen LogP contribution < -0.4 is 0 Å². The van der Waals surface area contributed by atoms with Crippen molar-refractivity contribution in [1.29, 1.82) is 0 Å². The molecule has 4 aliphatic carbocycles. The van der Waals surface area contributed by atoms with Crippen LogP contribution >= 0.6 is 0 Å². The maximum atomic E-state index is 12.8. The van der Waals surface area contributed by atoms with Gasteiger partial charge in [-0.3, -0.25) is 4.79 Å². The van der Waals surface area contributed by atoms with Gasteiger partial charge in [0.05, 0.1) is 6.10 Å². The molecule has 4 aliphatic rings. The summed E-state index contributed by atoms with van der Waals surface area (Å²) in [6.45, 7) is 13.4. The van der Waals surface area contributed by atoms with Gasteiger partial charge in [-0.25, -0.2) is 0 Å². The van der Waals surface area contributed by atoms with Gasteiger partial charge in [-0.15, -0.1) is 0 Å². The molecule has 0 aliphatic heterocycles. The summed E-state index contributed by atoms with van der Waals surface area (Å²) >= 11 is 0. The molecule has 4 rings (SSSR count). The maximum absolute atomic E-state index is 12.8. The third-order valence-corrected chi connectivity index (χ3v) is 10.1. The molecule has 0 unspecified atom stereocenters. The second kappa shape index (κ2) is 11.3. The van der Waals surface area contributed by atoms with Crippen molar-refractivity contribution in [1.82, 2.24) is 0 Å². The number of allylic oxidation sites excluding steroid dienone is 5. The van der Waals surface area contributed by atoms with Crippen LogP contribution in [-0.4, -0.2) is 52.6 Å². The number of hydrogen-bond donors (Lipinski definition) is 3. The molecule has 7 atom stereocenters. The van der Waals surface area contributed by atoms with Gasteiger partial charge in [0.1, 0.15) is 12.2 Å². The molecule has 5 heteroatoms. The van der Waals surface area contributed by atoms with E-state index < -0.39 is 18.3 Å². The van der Waals surface area contributed by atoms with Gasteiger partial charge in [0.25, 0.3) is 0 Å². The minimum Gasteiger partial charge on any atom is -0.396 e. The van der Waals surface area contributed by atoms with Crippen molar-refractivity contribution in [2.45, 2.75) is 104 Å². The van der Waals surface area contributed by atoms with Crippen LogP contribution in [0.1, 0.15) is 85.5 Å². The number of aliphatic hydroxyl groups is 3. The van der Waals surface area contributed by atoms with Crippen molar-refractivity contribution in [3.63, 3.8) is 0 Å². The minimum absolute atomic E-state index is 0.0199. The Morgan fingerprint density at radius 2 is 1.86 bits per heavy atom.